The number of hydrogen-bond donors (Lipinski definition) is 0. The summed E-state index contributed by atoms with van der Waals surface area (Å²) >= 11 is 0. The van der Waals surface area contributed by atoms with Gasteiger partial charge in [-0.15, -0.1) is 0 Å². The highest BCUT2D eigenvalue weighted by Gasteiger charge is 2.10. The summed E-state index contributed by atoms with van der Waals surface area (Å²) in [4.78, 5) is 13.5. The lowest BCUT2D eigenvalue weighted by Gasteiger charge is -2.22. The second-order valence-electron chi connectivity index (χ2n) is 4.55. The molecular formula is C18H20N2O2. The Morgan fingerprint density at radius 3 is 2.64 bits per heavy atom. The van der Waals surface area contributed by atoms with Crippen molar-refractivity contribution in [1.82, 2.24) is 0 Å². The molecule has 0 N–H and O–H groups in total. The van der Waals surface area contributed by atoms with Gasteiger partial charge in [0, 0.05) is 18.4 Å². The van der Waals surface area contributed by atoms with Gasteiger partial charge < -0.3 is 9.64 Å². The quantitative estimate of drug-likeness (QED) is 0.349. The molecule has 22 heavy (non-hydrogen) atoms. The van der Waals surface area contributed by atoms with Gasteiger partial charge in [0.15, 0.2) is 0 Å². The van der Waals surface area contributed by atoms with Crippen LogP contribution in [0, 0.1) is 18.3 Å². The highest BCUT2D eigenvalue weighted by molar-refractivity contribution is 5.93. The zero-order chi connectivity index (χ0) is 16.5. The third-order valence-corrected chi connectivity index (χ3v) is 3.11. The van der Waals surface area contributed by atoms with Gasteiger partial charge in [-0.05, 0) is 43.7 Å². The SMILES string of the molecule is C=CC(=CC=C(C#N)C(=O)OCC)N(C)c1ccccc1C. The number of nitrogens with zero attached hydrogens (tertiary/aromatic N) is 2. The number of carbonyl (C=O) groups excluding carboxylic acids is 1. The van der Waals surface area contributed by atoms with Crippen LogP contribution in [0.5, 0.6) is 0 Å². The first-order valence-electron chi connectivity index (χ1n) is 6.96. The summed E-state index contributed by atoms with van der Waals surface area (Å²) in [5.41, 5.74) is 2.87. The van der Waals surface area contributed by atoms with Crippen LogP contribution in [0.3, 0.4) is 0 Å². The molecule has 0 aliphatic carbocycles. The van der Waals surface area contributed by atoms with Crippen molar-refractivity contribution in [3.05, 3.63) is 65.9 Å². The van der Waals surface area contributed by atoms with E-state index in [-0.39, 0.29) is 12.2 Å². The number of likely N-dealkylation sites (N-methyl/N-ethyl adjacent to an activating group) is 1. The fraction of sp³-hybridized carbons (Fsp3) is 0.222. The molecular weight excluding hydrogens is 276 g/mol. The van der Waals surface area contributed by atoms with E-state index in [0.29, 0.717) is 0 Å². The number of para-hydroxylation sites is 1. The predicted molar refractivity (Wildman–Crippen MR) is 88.2 cm³/mol. The van der Waals surface area contributed by atoms with Crippen LogP contribution in [0.25, 0.3) is 0 Å². The van der Waals surface area contributed by atoms with Gasteiger partial charge in [-0.25, -0.2) is 4.79 Å². The number of aryl methyl sites for hydroxylation is 1. The molecule has 4 heteroatoms. The number of carbonyl (C=O) groups is 1. The Balaban J connectivity index is 3.10. The fourth-order valence-corrected chi connectivity index (χ4v) is 1.92. The smallest absolute Gasteiger partial charge is 0.348 e. The van der Waals surface area contributed by atoms with Gasteiger partial charge in [0.1, 0.15) is 11.6 Å². The number of rotatable bonds is 6. The lowest BCUT2D eigenvalue weighted by Crippen LogP contribution is -2.16. The van der Waals surface area contributed by atoms with E-state index in [1.54, 1.807) is 19.1 Å². The number of nitriles is 1. The summed E-state index contributed by atoms with van der Waals surface area (Å²) in [5, 5.41) is 9.02. The van der Waals surface area contributed by atoms with Crippen molar-refractivity contribution < 1.29 is 9.53 Å². The molecule has 0 bridgehead atoms. The average Bonchev–Trinajstić information content (AvgIpc) is 2.52. The molecule has 0 aliphatic rings. The molecule has 0 fully saturated rings. The Bertz CT molecular complexity index is 651. The number of benzene rings is 1. The van der Waals surface area contributed by atoms with E-state index in [2.05, 4.69) is 6.58 Å². The fourth-order valence-electron chi connectivity index (χ4n) is 1.92. The average molecular weight is 296 g/mol. The van der Waals surface area contributed by atoms with Crippen molar-refractivity contribution in [3.8, 4) is 6.07 Å². The number of esters is 1. The van der Waals surface area contributed by atoms with Gasteiger partial charge >= 0.3 is 5.97 Å². The Labute approximate surface area is 131 Å². The van der Waals surface area contributed by atoms with E-state index in [0.717, 1.165) is 16.9 Å². The van der Waals surface area contributed by atoms with Crippen molar-refractivity contribution in [2.75, 3.05) is 18.6 Å². The molecule has 1 aromatic carbocycles. The van der Waals surface area contributed by atoms with Crippen molar-refractivity contribution in [2.24, 2.45) is 0 Å². The third-order valence-electron chi connectivity index (χ3n) is 3.11. The minimum Gasteiger partial charge on any atom is -0.462 e. The maximum absolute atomic E-state index is 11.6. The van der Waals surface area contributed by atoms with Crippen molar-refractivity contribution in [3.63, 3.8) is 0 Å². The van der Waals surface area contributed by atoms with Crippen LogP contribution in [0.4, 0.5) is 5.69 Å². The van der Waals surface area contributed by atoms with Crippen molar-refractivity contribution in [2.45, 2.75) is 13.8 Å². The topological polar surface area (TPSA) is 53.3 Å². The highest BCUT2D eigenvalue weighted by atomic mass is 16.5. The van der Waals surface area contributed by atoms with Crippen LogP contribution in [-0.2, 0) is 9.53 Å². The van der Waals surface area contributed by atoms with Crippen LogP contribution >= 0.6 is 0 Å². The summed E-state index contributed by atoms with van der Waals surface area (Å²) in [5.74, 6) is -0.622. The van der Waals surface area contributed by atoms with Gasteiger partial charge in [0.2, 0.25) is 0 Å². The van der Waals surface area contributed by atoms with Crippen LogP contribution < -0.4 is 4.90 Å². The first kappa shape index (κ1) is 17.3. The summed E-state index contributed by atoms with van der Waals surface area (Å²) in [6.45, 7) is 7.73. The summed E-state index contributed by atoms with van der Waals surface area (Å²) < 4.78 is 4.83. The molecule has 0 unspecified atom stereocenters. The van der Waals surface area contributed by atoms with Gasteiger partial charge in [-0.2, -0.15) is 5.26 Å². The van der Waals surface area contributed by atoms with Crippen LogP contribution in [0.2, 0.25) is 0 Å². The molecule has 0 atom stereocenters. The molecule has 4 nitrogen and oxygen atoms in total. The van der Waals surface area contributed by atoms with E-state index in [9.17, 15) is 4.79 Å². The Morgan fingerprint density at radius 1 is 1.41 bits per heavy atom. The molecule has 0 radical (unpaired) electrons. The van der Waals surface area contributed by atoms with Gasteiger partial charge in [-0.1, -0.05) is 24.8 Å². The van der Waals surface area contributed by atoms with E-state index in [4.69, 9.17) is 10.00 Å². The second kappa shape index (κ2) is 8.48. The van der Waals surface area contributed by atoms with E-state index in [1.165, 1.54) is 6.08 Å². The zero-order valence-corrected chi connectivity index (χ0v) is 13.2. The molecule has 0 amide bonds. The molecule has 0 saturated carbocycles. The number of anilines is 1. The highest BCUT2D eigenvalue weighted by Crippen LogP contribution is 2.22. The predicted octanol–water partition coefficient (Wildman–Crippen LogP) is 3.51. The first-order valence-corrected chi connectivity index (χ1v) is 6.96. The van der Waals surface area contributed by atoms with E-state index < -0.39 is 5.97 Å². The summed E-state index contributed by atoms with van der Waals surface area (Å²) in [6, 6.07) is 9.78. The first-order chi connectivity index (χ1) is 10.5. The largest absolute Gasteiger partial charge is 0.462 e. The standard InChI is InChI=1S/C18H20N2O2/c1-5-16(12-11-15(13-19)18(21)22-6-2)20(4)17-10-8-7-9-14(17)3/h5,7-12H,1,6H2,2-4H3. The minimum atomic E-state index is -0.622. The molecule has 0 heterocycles. The molecule has 0 aliphatic heterocycles. The van der Waals surface area contributed by atoms with Gasteiger partial charge in [0.25, 0.3) is 0 Å². The van der Waals surface area contributed by atoms with Gasteiger partial charge in [-0.3, -0.25) is 0 Å². The number of ether oxygens (including phenoxy) is 1. The molecule has 0 saturated heterocycles. The zero-order valence-electron chi connectivity index (χ0n) is 13.2. The van der Waals surface area contributed by atoms with Crippen molar-refractivity contribution in [1.29, 1.82) is 5.26 Å². The second-order valence-corrected chi connectivity index (χ2v) is 4.55. The summed E-state index contributed by atoms with van der Waals surface area (Å²) in [7, 11) is 1.90. The molecule has 1 rings (SSSR count). The Morgan fingerprint density at radius 2 is 2.09 bits per heavy atom. The van der Waals surface area contributed by atoms with Crippen LogP contribution in [0.15, 0.2) is 60.3 Å². The lowest BCUT2D eigenvalue weighted by atomic mass is 10.1. The van der Waals surface area contributed by atoms with Gasteiger partial charge in [0.05, 0.1) is 6.61 Å². The minimum absolute atomic E-state index is 0.0422. The molecule has 1 aromatic rings. The number of hydrogen-bond acceptors (Lipinski definition) is 4. The third kappa shape index (κ3) is 4.35. The molecule has 0 spiro atoms. The maximum atomic E-state index is 11.6. The van der Waals surface area contributed by atoms with Crippen LogP contribution in [0.1, 0.15) is 12.5 Å². The Hall–Kier alpha value is -2.80. The summed E-state index contributed by atoms with van der Waals surface area (Å²) in [6.07, 6.45) is 4.79. The van der Waals surface area contributed by atoms with E-state index >= 15 is 0 Å². The normalized spacial score (nSPS) is 11.5. The van der Waals surface area contributed by atoms with Crippen molar-refractivity contribution >= 4 is 11.7 Å². The van der Waals surface area contributed by atoms with Crippen LogP contribution in [-0.4, -0.2) is 19.6 Å². The maximum Gasteiger partial charge on any atom is 0.348 e. The molecule has 114 valence electrons. The Kier molecular flexibility index (Phi) is 6.65. The van der Waals surface area contributed by atoms with E-state index in [1.807, 2.05) is 49.2 Å². The lowest BCUT2D eigenvalue weighted by molar-refractivity contribution is -0.138. The number of allylic oxidation sites excluding steroid dienone is 3. The monoisotopic (exact) mass is 296 g/mol. The molecule has 0 aromatic heterocycles.